The molecule has 0 atom stereocenters. The van der Waals surface area contributed by atoms with Gasteiger partial charge in [0.25, 0.3) is 5.91 Å². The van der Waals surface area contributed by atoms with Gasteiger partial charge >= 0.3 is 0 Å². The van der Waals surface area contributed by atoms with Crippen molar-refractivity contribution < 1.29 is 4.79 Å². The largest absolute Gasteiger partial charge is 0.348 e. The zero-order valence-electron chi connectivity index (χ0n) is 9.44. The predicted molar refractivity (Wildman–Crippen MR) is 69.7 cm³/mol. The van der Waals surface area contributed by atoms with Gasteiger partial charge < -0.3 is 10.3 Å². The molecule has 0 bridgehead atoms. The molecule has 1 amide bonds. The van der Waals surface area contributed by atoms with Crippen LogP contribution in [0.5, 0.6) is 0 Å². The second-order valence-electron chi connectivity index (χ2n) is 3.75. The lowest BCUT2D eigenvalue weighted by Crippen LogP contribution is -2.23. The summed E-state index contributed by atoms with van der Waals surface area (Å²) in [6.07, 6.45) is 1.39. The molecule has 1 aromatic carbocycles. The molecule has 0 fully saturated rings. The number of aromatic amines is 1. The Bertz CT molecular complexity index is 585. The third kappa shape index (κ3) is 3.21. The van der Waals surface area contributed by atoms with Crippen molar-refractivity contribution in [3.8, 4) is 0 Å². The van der Waals surface area contributed by atoms with E-state index in [1.807, 2.05) is 12.1 Å². The van der Waals surface area contributed by atoms with Crippen molar-refractivity contribution in [3.63, 3.8) is 0 Å². The van der Waals surface area contributed by atoms with E-state index in [0.717, 1.165) is 5.56 Å². The van der Waals surface area contributed by atoms with Gasteiger partial charge in [-0.1, -0.05) is 23.7 Å². The summed E-state index contributed by atoms with van der Waals surface area (Å²) in [6.45, 7) is 0.412. The van der Waals surface area contributed by atoms with Crippen LogP contribution < -0.4 is 10.9 Å². The number of benzene rings is 1. The van der Waals surface area contributed by atoms with Gasteiger partial charge in [0.1, 0.15) is 0 Å². The molecule has 2 N–H and O–H groups in total. The van der Waals surface area contributed by atoms with Crippen LogP contribution in [0.15, 0.2) is 47.4 Å². The molecule has 1 heterocycles. The molecule has 0 unspecified atom stereocenters. The van der Waals surface area contributed by atoms with E-state index in [-0.39, 0.29) is 11.5 Å². The summed E-state index contributed by atoms with van der Waals surface area (Å²) in [5, 5.41) is 3.41. The Labute approximate surface area is 109 Å². The summed E-state index contributed by atoms with van der Waals surface area (Å²) >= 11 is 5.76. The average Bonchev–Trinajstić information content (AvgIpc) is 2.38. The Morgan fingerprint density at radius 2 is 1.89 bits per heavy atom. The van der Waals surface area contributed by atoms with Crippen LogP contribution in [0.4, 0.5) is 0 Å². The summed E-state index contributed by atoms with van der Waals surface area (Å²) in [6, 6.07) is 10.0. The topological polar surface area (TPSA) is 62.0 Å². The fraction of sp³-hybridized carbons (Fsp3) is 0.0769. The van der Waals surface area contributed by atoms with Gasteiger partial charge in [0.2, 0.25) is 5.56 Å². The maximum Gasteiger partial charge on any atom is 0.253 e. The molecule has 18 heavy (non-hydrogen) atoms. The molecule has 4 nitrogen and oxygen atoms in total. The first-order chi connectivity index (χ1) is 8.65. The number of amides is 1. The van der Waals surface area contributed by atoms with E-state index in [0.29, 0.717) is 17.1 Å². The van der Waals surface area contributed by atoms with Gasteiger partial charge in [-0.05, 0) is 23.8 Å². The maximum absolute atomic E-state index is 11.7. The summed E-state index contributed by atoms with van der Waals surface area (Å²) in [5.41, 5.74) is 1.14. The highest BCUT2D eigenvalue weighted by Crippen LogP contribution is 2.09. The molecule has 2 aromatic rings. The quantitative estimate of drug-likeness (QED) is 0.888. The summed E-state index contributed by atoms with van der Waals surface area (Å²) in [7, 11) is 0. The molecule has 0 aliphatic rings. The van der Waals surface area contributed by atoms with Crippen LogP contribution in [0.25, 0.3) is 0 Å². The van der Waals surface area contributed by atoms with Gasteiger partial charge in [0.15, 0.2) is 0 Å². The SMILES string of the molecule is O=C(NCc1ccc(Cl)cc1)c1ccc(=O)[nH]c1. The van der Waals surface area contributed by atoms with Crippen molar-refractivity contribution in [2.75, 3.05) is 0 Å². The molecular weight excluding hydrogens is 252 g/mol. The van der Waals surface area contributed by atoms with Crippen LogP contribution in [0.2, 0.25) is 5.02 Å². The van der Waals surface area contributed by atoms with Crippen LogP contribution >= 0.6 is 11.6 Å². The lowest BCUT2D eigenvalue weighted by Gasteiger charge is -2.05. The molecule has 0 saturated heterocycles. The number of carbonyl (C=O) groups is 1. The van der Waals surface area contributed by atoms with Crippen molar-refractivity contribution in [1.29, 1.82) is 0 Å². The molecule has 0 spiro atoms. The molecule has 0 saturated carbocycles. The minimum Gasteiger partial charge on any atom is -0.348 e. The fourth-order valence-electron chi connectivity index (χ4n) is 1.44. The van der Waals surface area contributed by atoms with Crippen molar-refractivity contribution in [1.82, 2.24) is 10.3 Å². The number of hydrogen-bond acceptors (Lipinski definition) is 2. The second kappa shape index (κ2) is 5.51. The number of pyridine rings is 1. The second-order valence-corrected chi connectivity index (χ2v) is 4.19. The molecule has 92 valence electrons. The standard InChI is InChI=1S/C13H11ClN2O2/c14-11-4-1-9(2-5-11)7-16-13(18)10-3-6-12(17)15-8-10/h1-6,8H,7H2,(H,15,17)(H,16,18). The lowest BCUT2D eigenvalue weighted by atomic mass is 10.2. The summed E-state index contributed by atoms with van der Waals surface area (Å²) < 4.78 is 0. The van der Waals surface area contributed by atoms with Crippen molar-refractivity contribution in [2.24, 2.45) is 0 Å². The highest BCUT2D eigenvalue weighted by molar-refractivity contribution is 6.30. The Balaban J connectivity index is 1.98. The van der Waals surface area contributed by atoms with Gasteiger partial charge in [0.05, 0.1) is 5.56 Å². The monoisotopic (exact) mass is 262 g/mol. The average molecular weight is 263 g/mol. The third-order valence-electron chi connectivity index (χ3n) is 2.41. The van der Waals surface area contributed by atoms with Crippen molar-refractivity contribution in [3.05, 3.63) is 69.1 Å². The zero-order chi connectivity index (χ0) is 13.0. The number of H-pyrrole nitrogens is 1. The number of carbonyl (C=O) groups excluding carboxylic acids is 1. The van der Waals surface area contributed by atoms with Crippen LogP contribution in [-0.2, 0) is 6.54 Å². The number of aromatic nitrogens is 1. The van der Waals surface area contributed by atoms with E-state index < -0.39 is 0 Å². The van der Waals surface area contributed by atoms with E-state index in [4.69, 9.17) is 11.6 Å². The fourth-order valence-corrected chi connectivity index (χ4v) is 1.56. The zero-order valence-corrected chi connectivity index (χ0v) is 10.2. The number of rotatable bonds is 3. The minimum absolute atomic E-state index is 0.232. The van der Waals surface area contributed by atoms with Gasteiger partial charge in [-0.2, -0.15) is 0 Å². The number of nitrogens with one attached hydrogen (secondary N) is 2. The lowest BCUT2D eigenvalue weighted by molar-refractivity contribution is 0.0950. The highest BCUT2D eigenvalue weighted by Gasteiger charge is 2.04. The van der Waals surface area contributed by atoms with Crippen LogP contribution in [0.1, 0.15) is 15.9 Å². The summed E-state index contributed by atoms with van der Waals surface area (Å²) in [4.78, 5) is 25.0. The highest BCUT2D eigenvalue weighted by atomic mass is 35.5. The van der Waals surface area contributed by atoms with Crippen LogP contribution in [-0.4, -0.2) is 10.9 Å². The van der Waals surface area contributed by atoms with Crippen molar-refractivity contribution >= 4 is 17.5 Å². The molecule has 1 aromatic heterocycles. The molecular formula is C13H11ClN2O2. The molecule has 2 rings (SSSR count). The molecule has 0 aliphatic heterocycles. The predicted octanol–water partition coefficient (Wildman–Crippen LogP) is 1.96. The molecule has 0 aliphatic carbocycles. The van der Waals surface area contributed by atoms with Crippen LogP contribution in [0, 0.1) is 0 Å². The Morgan fingerprint density at radius 1 is 1.17 bits per heavy atom. The van der Waals surface area contributed by atoms with Crippen LogP contribution in [0.3, 0.4) is 0 Å². The summed E-state index contributed by atoms with van der Waals surface area (Å²) in [5.74, 6) is -0.235. The van der Waals surface area contributed by atoms with Gasteiger partial charge in [-0.25, -0.2) is 0 Å². The Kier molecular flexibility index (Phi) is 3.79. The Hall–Kier alpha value is -2.07. The van der Waals surface area contributed by atoms with E-state index in [9.17, 15) is 9.59 Å². The number of hydrogen-bond donors (Lipinski definition) is 2. The normalized spacial score (nSPS) is 10.1. The first kappa shape index (κ1) is 12.4. The van der Waals surface area contributed by atoms with E-state index in [1.165, 1.54) is 18.3 Å². The first-order valence-corrected chi connectivity index (χ1v) is 5.74. The minimum atomic E-state index is -0.235. The third-order valence-corrected chi connectivity index (χ3v) is 2.66. The number of halogens is 1. The van der Waals surface area contributed by atoms with E-state index >= 15 is 0 Å². The molecule has 5 heteroatoms. The van der Waals surface area contributed by atoms with Gasteiger partial charge in [-0.3, -0.25) is 9.59 Å². The smallest absolute Gasteiger partial charge is 0.253 e. The van der Waals surface area contributed by atoms with E-state index in [2.05, 4.69) is 10.3 Å². The maximum atomic E-state index is 11.7. The van der Waals surface area contributed by atoms with Gasteiger partial charge in [-0.15, -0.1) is 0 Å². The van der Waals surface area contributed by atoms with Gasteiger partial charge in [0, 0.05) is 23.8 Å². The van der Waals surface area contributed by atoms with E-state index in [1.54, 1.807) is 12.1 Å². The van der Waals surface area contributed by atoms with Crippen molar-refractivity contribution in [2.45, 2.75) is 6.54 Å². The first-order valence-electron chi connectivity index (χ1n) is 5.36. The molecule has 0 radical (unpaired) electrons. The Morgan fingerprint density at radius 3 is 2.50 bits per heavy atom.